The van der Waals surface area contributed by atoms with Gasteiger partial charge in [0.1, 0.15) is 5.82 Å². The van der Waals surface area contributed by atoms with Crippen molar-refractivity contribution in [2.75, 3.05) is 9.62 Å². The van der Waals surface area contributed by atoms with Crippen molar-refractivity contribution >= 4 is 27.6 Å². The van der Waals surface area contributed by atoms with Crippen LogP contribution < -0.4 is 9.62 Å². The second-order valence-corrected chi connectivity index (χ2v) is 7.80. The summed E-state index contributed by atoms with van der Waals surface area (Å²) in [6, 6.07) is 1.21. The normalized spacial score (nSPS) is 20.4. The van der Waals surface area contributed by atoms with Gasteiger partial charge < -0.3 is 9.30 Å². The van der Waals surface area contributed by atoms with Crippen LogP contribution in [0.15, 0.2) is 29.6 Å². The fourth-order valence-corrected chi connectivity index (χ4v) is 3.81. The van der Waals surface area contributed by atoms with E-state index in [1.54, 1.807) is 14.0 Å². The predicted molar refractivity (Wildman–Crippen MR) is 91.3 cm³/mol. The number of rotatable bonds is 4. The smallest absolute Gasteiger partial charge is 0.427 e. The Morgan fingerprint density at radius 3 is 2.54 bits per heavy atom. The van der Waals surface area contributed by atoms with Gasteiger partial charge in [0.25, 0.3) is 10.0 Å². The van der Waals surface area contributed by atoms with Crippen LogP contribution in [0, 0.1) is 6.92 Å². The number of cyclic esters (lactones) is 1. The first kappa shape index (κ1) is 19.9. The summed E-state index contributed by atoms with van der Waals surface area (Å²) in [6.07, 6.45) is -5.91. The monoisotopic (exact) mass is 419 g/mol. The Kier molecular flexibility index (Phi) is 4.73. The fourth-order valence-electron chi connectivity index (χ4n) is 2.71. The van der Waals surface area contributed by atoms with Crippen LogP contribution in [0.4, 0.5) is 29.5 Å². The van der Waals surface area contributed by atoms with E-state index in [0.717, 1.165) is 6.92 Å². The molecule has 3 heterocycles. The highest BCUT2D eigenvalue weighted by Gasteiger charge is 2.55. The summed E-state index contributed by atoms with van der Waals surface area (Å²) in [5.41, 5.74) is -0.183. The number of halogens is 3. The zero-order valence-corrected chi connectivity index (χ0v) is 15.7. The number of amides is 1. The average molecular weight is 419 g/mol. The molecule has 0 spiro atoms. The summed E-state index contributed by atoms with van der Waals surface area (Å²) in [7, 11) is -2.56. The van der Waals surface area contributed by atoms with Crippen molar-refractivity contribution in [3.05, 3.63) is 30.4 Å². The molecule has 0 bridgehead atoms. The lowest BCUT2D eigenvalue weighted by Gasteiger charge is -2.23. The standard InChI is InChI=1S/C15H16F3N5O4S/c1-8-12(15(16,17)18)27-14(24)23(8)13-10(5-4-6-19-13)21-28(25,26)11-7-22(3)9(2)20-11/h4-8,12,21H,1-3H3/t8-,12+/m1/s1. The maximum atomic E-state index is 13.1. The number of carbonyl (C=O) groups excluding carboxylic acids is 1. The van der Waals surface area contributed by atoms with Crippen LogP contribution in [-0.2, 0) is 21.8 Å². The number of nitrogens with zero attached hydrogens (tertiary/aromatic N) is 4. The Bertz CT molecular complexity index is 1000. The number of imidazole rings is 1. The number of nitrogens with one attached hydrogen (secondary N) is 1. The first-order valence-corrected chi connectivity index (χ1v) is 9.44. The summed E-state index contributed by atoms with van der Waals surface area (Å²) in [6.45, 7) is 2.74. The molecule has 2 aromatic heterocycles. The number of sulfonamides is 1. The maximum Gasteiger partial charge on any atom is 0.427 e. The molecule has 152 valence electrons. The van der Waals surface area contributed by atoms with E-state index >= 15 is 0 Å². The van der Waals surface area contributed by atoms with Gasteiger partial charge in [-0.05, 0) is 26.0 Å². The molecule has 9 nitrogen and oxygen atoms in total. The number of pyridine rings is 1. The number of carbonyl (C=O) groups is 1. The molecule has 2 atom stereocenters. The average Bonchev–Trinajstić information content (AvgIpc) is 3.08. The highest BCUT2D eigenvalue weighted by atomic mass is 32.2. The molecule has 0 unspecified atom stereocenters. The van der Waals surface area contributed by atoms with E-state index in [-0.39, 0.29) is 16.5 Å². The molecule has 28 heavy (non-hydrogen) atoms. The minimum absolute atomic E-state index is 0.183. The summed E-state index contributed by atoms with van der Waals surface area (Å²) in [5, 5.41) is -0.285. The third-order valence-corrected chi connectivity index (χ3v) is 5.45. The number of anilines is 2. The summed E-state index contributed by atoms with van der Waals surface area (Å²) in [5.74, 6) is 0.138. The van der Waals surface area contributed by atoms with Crippen molar-refractivity contribution < 1.29 is 31.1 Å². The lowest BCUT2D eigenvalue weighted by molar-refractivity contribution is -0.198. The van der Waals surface area contributed by atoms with Gasteiger partial charge >= 0.3 is 12.3 Å². The van der Waals surface area contributed by atoms with E-state index in [1.807, 2.05) is 0 Å². The van der Waals surface area contributed by atoms with E-state index < -0.39 is 34.4 Å². The molecule has 1 amide bonds. The third-order valence-electron chi connectivity index (χ3n) is 4.21. The largest absolute Gasteiger partial charge is 0.434 e. The van der Waals surface area contributed by atoms with Gasteiger partial charge in [0, 0.05) is 19.4 Å². The van der Waals surface area contributed by atoms with Gasteiger partial charge in [-0.3, -0.25) is 9.62 Å². The van der Waals surface area contributed by atoms with Crippen LogP contribution in [0.5, 0.6) is 0 Å². The molecule has 1 aliphatic heterocycles. The summed E-state index contributed by atoms with van der Waals surface area (Å²) >= 11 is 0. The number of hydrogen-bond donors (Lipinski definition) is 1. The number of alkyl halides is 3. The van der Waals surface area contributed by atoms with Crippen LogP contribution in [-0.4, -0.2) is 47.4 Å². The van der Waals surface area contributed by atoms with Crippen molar-refractivity contribution in [2.24, 2.45) is 7.05 Å². The molecule has 1 aliphatic rings. The van der Waals surface area contributed by atoms with Crippen LogP contribution >= 0.6 is 0 Å². The van der Waals surface area contributed by atoms with Gasteiger partial charge in [0.2, 0.25) is 6.10 Å². The van der Waals surface area contributed by atoms with Crippen molar-refractivity contribution in [1.82, 2.24) is 14.5 Å². The number of aromatic nitrogens is 3. The molecule has 0 radical (unpaired) electrons. The van der Waals surface area contributed by atoms with Crippen LogP contribution in [0.3, 0.4) is 0 Å². The second-order valence-electron chi connectivity index (χ2n) is 6.17. The highest BCUT2D eigenvalue weighted by molar-refractivity contribution is 7.92. The first-order chi connectivity index (χ1) is 12.9. The fraction of sp³-hybridized carbons (Fsp3) is 0.400. The third kappa shape index (κ3) is 3.48. The van der Waals surface area contributed by atoms with Gasteiger partial charge in [0.15, 0.2) is 10.8 Å². The summed E-state index contributed by atoms with van der Waals surface area (Å²) in [4.78, 5) is 20.5. The van der Waals surface area contributed by atoms with Gasteiger partial charge in [-0.2, -0.15) is 21.6 Å². The molecule has 13 heteroatoms. The van der Waals surface area contributed by atoms with Crippen molar-refractivity contribution in [2.45, 2.75) is 37.2 Å². The van der Waals surface area contributed by atoms with Crippen molar-refractivity contribution in [3.63, 3.8) is 0 Å². The first-order valence-electron chi connectivity index (χ1n) is 7.96. The Morgan fingerprint density at radius 1 is 1.32 bits per heavy atom. The van der Waals surface area contributed by atoms with Gasteiger partial charge in [-0.15, -0.1) is 0 Å². The second kappa shape index (κ2) is 6.65. The molecular weight excluding hydrogens is 403 g/mol. The summed E-state index contributed by atoms with van der Waals surface area (Å²) < 4.78 is 72.5. The van der Waals surface area contributed by atoms with Gasteiger partial charge in [-0.25, -0.2) is 14.8 Å². The molecular formula is C15H16F3N5O4S. The van der Waals surface area contributed by atoms with Crippen LogP contribution in [0.1, 0.15) is 12.7 Å². The Hall–Kier alpha value is -2.83. The lowest BCUT2D eigenvalue weighted by Crippen LogP contribution is -2.41. The highest BCUT2D eigenvalue weighted by Crippen LogP contribution is 2.37. The molecule has 1 fully saturated rings. The molecule has 1 saturated heterocycles. The molecule has 1 N–H and O–H groups in total. The molecule has 2 aromatic rings. The van der Waals surface area contributed by atoms with Crippen molar-refractivity contribution in [1.29, 1.82) is 0 Å². The van der Waals surface area contributed by atoms with E-state index in [4.69, 9.17) is 0 Å². The zero-order valence-electron chi connectivity index (χ0n) is 14.9. The maximum absolute atomic E-state index is 13.1. The molecule has 0 saturated carbocycles. The molecule has 0 aromatic carbocycles. The van der Waals surface area contributed by atoms with E-state index in [0.29, 0.717) is 10.7 Å². The topological polar surface area (TPSA) is 106 Å². The number of aryl methyl sites for hydroxylation is 2. The van der Waals surface area contributed by atoms with Gasteiger partial charge in [0.05, 0.1) is 11.7 Å². The molecule has 0 aliphatic carbocycles. The SMILES string of the molecule is Cc1nc(S(=O)(=O)Nc2cccnc2N2C(=O)O[C@H](C(F)(F)F)[C@H]2C)cn1C. The van der Waals surface area contributed by atoms with Crippen molar-refractivity contribution in [3.8, 4) is 0 Å². The van der Waals surface area contributed by atoms with E-state index in [9.17, 15) is 26.4 Å². The Balaban J connectivity index is 1.97. The van der Waals surface area contributed by atoms with E-state index in [2.05, 4.69) is 19.4 Å². The predicted octanol–water partition coefficient (Wildman–Crippen LogP) is 2.20. The molecule has 3 rings (SSSR count). The minimum atomic E-state index is -4.77. The van der Waals surface area contributed by atoms with Gasteiger partial charge in [-0.1, -0.05) is 0 Å². The number of ether oxygens (including phenoxy) is 1. The Labute approximate surface area is 158 Å². The number of hydrogen-bond acceptors (Lipinski definition) is 6. The lowest BCUT2D eigenvalue weighted by atomic mass is 10.1. The zero-order chi connectivity index (χ0) is 20.9. The minimum Gasteiger partial charge on any atom is -0.434 e. The van der Waals surface area contributed by atoms with Crippen LogP contribution in [0.2, 0.25) is 0 Å². The Morgan fingerprint density at radius 2 is 2.00 bits per heavy atom. The van der Waals surface area contributed by atoms with E-state index in [1.165, 1.54) is 29.1 Å². The van der Waals surface area contributed by atoms with Crippen LogP contribution in [0.25, 0.3) is 0 Å². The quantitative estimate of drug-likeness (QED) is 0.814.